The molecule has 0 radical (unpaired) electrons. The summed E-state index contributed by atoms with van der Waals surface area (Å²) in [5.74, 6) is 5.04. The van der Waals surface area contributed by atoms with Gasteiger partial charge in [0.25, 0.3) is 0 Å². The Hall–Kier alpha value is -1.03. The second-order valence-corrected chi connectivity index (χ2v) is 3.59. The van der Waals surface area contributed by atoms with Crippen LogP contribution in [0.1, 0.15) is 5.69 Å². The molecule has 0 bridgehead atoms. The van der Waals surface area contributed by atoms with Crippen molar-refractivity contribution >= 4 is 22.5 Å². The molecule has 0 saturated heterocycles. The minimum atomic E-state index is 0.390. The summed E-state index contributed by atoms with van der Waals surface area (Å²) in [5, 5.41) is 1.78. The van der Waals surface area contributed by atoms with E-state index < -0.39 is 0 Å². The van der Waals surface area contributed by atoms with Crippen molar-refractivity contribution in [3.63, 3.8) is 0 Å². The maximum absolute atomic E-state index is 6.06. The molecule has 0 aliphatic rings. The molecule has 0 atom stereocenters. The number of halogens is 1. The highest BCUT2D eigenvalue weighted by Gasteiger charge is 2.07. The summed E-state index contributed by atoms with van der Waals surface area (Å²) in [5.41, 5.74) is 2.10. The standard InChI is InChI=1S/C10H11ClN2O/c1-13-7(6-14-12)5-8-9(11)3-2-4-10(8)13/h2-5H,6,12H2,1H3. The number of hydrogen-bond acceptors (Lipinski definition) is 2. The smallest absolute Gasteiger partial charge is 0.108 e. The molecule has 2 N–H and O–H groups in total. The highest BCUT2D eigenvalue weighted by Crippen LogP contribution is 2.26. The highest BCUT2D eigenvalue weighted by molar-refractivity contribution is 6.35. The van der Waals surface area contributed by atoms with E-state index in [1.54, 1.807) is 0 Å². The van der Waals surface area contributed by atoms with Crippen LogP contribution in [0.25, 0.3) is 10.9 Å². The largest absolute Gasteiger partial charge is 0.345 e. The molecule has 14 heavy (non-hydrogen) atoms. The third-order valence-electron chi connectivity index (χ3n) is 2.36. The van der Waals surface area contributed by atoms with E-state index in [9.17, 15) is 0 Å². The van der Waals surface area contributed by atoms with E-state index in [0.29, 0.717) is 6.61 Å². The normalized spacial score (nSPS) is 11.1. The van der Waals surface area contributed by atoms with Crippen LogP contribution < -0.4 is 5.90 Å². The molecule has 2 aromatic rings. The van der Waals surface area contributed by atoms with Crippen LogP contribution in [-0.4, -0.2) is 4.57 Å². The number of nitrogens with zero attached hydrogens (tertiary/aromatic N) is 1. The summed E-state index contributed by atoms with van der Waals surface area (Å²) in [6.45, 7) is 0.390. The van der Waals surface area contributed by atoms with E-state index >= 15 is 0 Å². The van der Waals surface area contributed by atoms with Gasteiger partial charge in [0.1, 0.15) is 6.61 Å². The molecule has 1 heterocycles. The monoisotopic (exact) mass is 210 g/mol. The summed E-state index contributed by atoms with van der Waals surface area (Å²) in [7, 11) is 1.97. The van der Waals surface area contributed by atoms with Gasteiger partial charge in [-0.1, -0.05) is 17.7 Å². The molecular weight excluding hydrogens is 200 g/mol. The van der Waals surface area contributed by atoms with Gasteiger partial charge in [0.2, 0.25) is 0 Å². The summed E-state index contributed by atoms with van der Waals surface area (Å²) >= 11 is 6.06. The van der Waals surface area contributed by atoms with E-state index in [2.05, 4.69) is 4.84 Å². The maximum atomic E-state index is 6.06. The van der Waals surface area contributed by atoms with Crippen LogP contribution >= 0.6 is 11.6 Å². The Bertz CT molecular complexity index is 464. The average Bonchev–Trinajstić information content (AvgIpc) is 2.48. The number of benzene rings is 1. The van der Waals surface area contributed by atoms with Crippen molar-refractivity contribution in [3.05, 3.63) is 35.0 Å². The molecule has 0 spiro atoms. The fraction of sp³-hybridized carbons (Fsp3) is 0.200. The molecule has 4 heteroatoms. The molecule has 0 unspecified atom stereocenters. The number of aromatic nitrogens is 1. The summed E-state index contributed by atoms with van der Waals surface area (Å²) in [6.07, 6.45) is 0. The highest BCUT2D eigenvalue weighted by atomic mass is 35.5. The predicted octanol–water partition coefficient (Wildman–Crippen LogP) is 2.22. The van der Waals surface area contributed by atoms with Crippen molar-refractivity contribution in [3.8, 4) is 0 Å². The Morgan fingerprint density at radius 2 is 2.29 bits per heavy atom. The molecule has 0 fully saturated rings. The molecule has 0 aliphatic heterocycles. The van der Waals surface area contributed by atoms with Gasteiger partial charge in [-0.15, -0.1) is 0 Å². The zero-order valence-corrected chi connectivity index (χ0v) is 8.58. The van der Waals surface area contributed by atoms with Crippen LogP contribution in [0.5, 0.6) is 0 Å². The SMILES string of the molecule is Cn1c(CON)cc2c(Cl)cccc21. The van der Waals surface area contributed by atoms with Crippen LogP contribution in [-0.2, 0) is 18.5 Å². The van der Waals surface area contributed by atoms with Crippen LogP contribution in [0.3, 0.4) is 0 Å². The molecule has 0 aliphatic carbocycles. The molecule has 1 aromatic heterocycles. The fourth-order valence-electron chi connectivity index (χ4n) is 1.60. The minimum Gasteiger partial charge on any atom is -0.345 e. The lowest BCUT2D eigenvalue weighted by Gasteiger charge is -2.01. The van der Waals surface area contributed by atoms with E-state index in [0.717, 1.165) is 21.6 Å². The van der Waals surface area contributed by atoms with Gasteiger partial charge in [-0.25, -0.2) is 5.90 Å². The first-order valence-electron chi connectivity index (χ1n) is 4.28. The van der Waals surface area contributed by atoms with Gasteiger partial charge in [0, 0.05) is 28.7 Å². The lowest BCUT2D eigenvalue weighted by Crippen LogP contribution is -2.03. The van der Waals surface area contributed by atoms with Crippen LogP contribution in [0.2, 0.25) is 5.02 Å². The number of fused-ring (bicyclic) bond motifs is 1. The van der Waals surface area contributed by atoms with Crippen molar-refractivity contribution in [2.24, 2.45) is 12.9 Å². The number of rotatable bonds is 2. The summed E-state index contributed by atoms with van der Waals surface area (Å²) in [6, 6.07) is 7.81. The molecular formula is C10H11ClN2O. The van der Waals surface area contributed by atoms with Gasteiger partial charge in [-0.2, -0.15) is 0 Å². The van der Waals surface area contributed by atoms with Gasteiger partial charge in [-0.05, 0) is 18.2 Å². The topological polar surface area (TPSA) is 40.2 Å². The third-order valence-corrected chi connectivity index (χ3v) is 2.69. The molecule has 3 nitrogen and oxygen atoms in total. The average molecular weight is 211 g/mol. The van der Waals surface area contributed by atoms with Crippen molar-refractivity contribution in [1.29, 1.82) is 0 Å². The van der Waals surface area contributed by atoms with Gasteiger partial charge in [0.05, 0.1) is 0 Å². The van der Waals surface area contributed by atoms with E-state index in [1.165, 1.54) is 0 Å². The van der Waals surface area contributed by atoms with E-state index in [4.69, 9.17) is 17.5 Å². The number of hydrogen-bond donors (Lipinski definition) is 1. The number of aryl methyl sites for hydroxylation is 1. The second-order valence-electron chi connectivity index (χ2n) is 3.18. The molecule has 0 amide bonds. The zero-order chi connectivity index (χ0) is 10.1. The molecule has 0 saturated carbocycles. The Labute approximate surface area is 87.0 Å². The second kappa shape index (κ2) is 3.61. The van der Waals surface area contributed by atoms with Gasteiger partial charge < -0.3 is 4.57 Å². The van der Waals surface area contributed by atoms with Crippen molar-refractivity contribution < 1.29 is 4.84 Å². The van der Waals surface area contributed by atoms with Gasteiger partial charge in [0.15, 0.2) is 0 Å². The van der Waals surface area contributed by atoms with E-state index in [1.807, 2.05) is 35.9 Å². The first kappa shape index (κ1) is 9.52. The summed E-state index contributed by atoms with van der Waals surface area (Å²) < 4.78 is 2.02. The Balaban J connectivity index is 2.67. The quantitative estimate of drug-likeness (QED) is 0.773. The number of nitrogens with two attached hydrogens (primary N) is 1. The molecule has 1 aromatic carbocycles. The zero-order valence-electron chi connectivity index (χ0n) is 7.83. The molecule has 2 rings (SSSR count). The van der Waals surface area contributed by atoms with Gasteiger partial charge in [-0.3, -0.25) is 4.84 Å². The van der Waals surface area contributed by atoms with Crippen molar-refractivity contribution in [1.82, 2.24) is 4.57 Å². The van der Waals surface area contributed by atoms with E-state index in [-0.39, 0.29) is 0 Å². The lowest BCUT2D eigenvalue weighted by atomic mass is 10.2. The van der Waals surface area contributed by atoms with Crippen molar-refractivity contribution in [2.45, 2.75) is 6.61 Å². The van der Waals surface area contributed by atoms with Crippen LogP contribution in [0, 0.1) is 0 Å². The summed E-state index contributed by atoms with van der Waals surface area (Å²) in [4.78, 5) is 4.61. The maximum Gasteiger partial charge on any atom is 0.108 e. The predicted molar refractivity (Wildman–Crippen MR) is 56.9 cm³/mol. The molecule has 74 valence electrons. The third kappa shape index (κ3) is 1.39. The van der Waals surface area contributed by atoms with Crippen molar-refractivity contribution in [2.75, 3.05) is 0 Å². The Morgan fingerprint density at radius 3 is 2.93 bits per heavy atom. The first-order valence-corrected chi connectivity index (χ1v) is 4.66. The first-order chi connectivity index (χ1) is 6.74. The Kier molecular flexibility index (Phi) is 2.46. The van der Waals surface area contributed by atoms with Crippen LogP contribution in [0.4, 0.5) is 0 Å². The Morgan fingerprint density at radius 1 is 1.50 bits per heavy atom. The fourth-order valence-corrected chi connectivity index (χ4v) is 1.83. The van der Waals surface area contributed by atoms with Gasteiger partial charge >= 0.3 is 0 Å². The van der Waals surface area contributed by atoms with Crippen LogP contribution in [0.15, 0.2) is 24.3 Å². The lowest BCUT2D eigenvalue weighted by molar-refractivity contribution is 0.119. The minimum absolute atomic E-state index is 0.390.